The van der Waals surface area contributed by atoms with Crippen LogP contribution in [0, 0.1) is 0 Å². The quantitative estimate of drug-likeness (QED) is 0.421. The molecule has 0 aliphatic heterocycles. The number of nitrogens with zero attached hydrogens (tertiary/aromatic N) is 2. The molecule has 1 N–H and O–H groups in total. The molecule has 2 aromatic carbocycles. The van der Waals surface area contributed by atoms with E-state index in [2.05, 4.69) is 38.9 Å². The third kappa shape index (κ3) is 3.47. The third-order valence-electron chi connectivity index (χ3n) is 5.47. The van der Waals surface area contributed by atoms with Crippen LogP contribution in [0.25, 0.3) is 21.3 Å². The Balaban J connectivity index is 1.59. The fraction of sp³-hybridized carbons (Fsp3) is 0.250. The number of ether oxygens (including phenoxy) is 1. The summed E-state index contributed by atoms with van der Waals surface area (Å²) in [6.45, 7) is 2.61. The summed E-state index contributed by atoms with van der Waals surface area (Å²) in [6, 6.07) is 14.9. The Morgan fingerprint density at radius 2 is 1.90 bits per heavy atom. The van der Waals surface area contributed by atoms with Gasteiger partial charge in [0, 0.05) is 10.9 Å². The van der Waals surface area contributed by atoms with Gasteiger partial charge in [0.1, 0.15) is 22.7 Å². The van der Waals surface area contributed by atoms with Crippen LogP contribution in [0.4, 0.5) is 11.5 Å². The Labute approximate surface area is 174 Å². The molecule has 1 aliphatic rings. The van der Waals surface area contributed by atoms with Gasteiger partial charge in [-0.1, -0.05) is 30.3 Å². The van der Waals surface area contributed by atoms with E-state index >= 15 is 0 Å². The molecule has 0 spiro atoms. The standard InChI is InChI=1S/C24H23N3OS/c1-2-28-21-10-6-5-9-20(21)27-23-22-19(14-29-24(22)26-15-25-23)18-12-11-16-7-3-4-8-17(16)13-18/h5-6,9-15H,2-4,7-8H2,1H3,(H,25,26,27). The maximum absolute atomic E-state index is 5.78. The van der Waals surface area contributed by atoms with Gasteiger partial charge in [0.05, 0.1) is 17.7 Å². The minimum absolute atomic E-state index is 0.622. The Morgan fingerprint density at radius 1 is 1.03 bits per heavy atom. The molecule has 2 heterocycles. The average molecular weight is 402 g/mol. The van der Waals surface area contributed by atoms with Crippen LogP contribution < -0.4 is 10.1 Å². The van der Waals surface area contributed by atoms with Crippen LogP contribution in [-0.2, 0) is 12.8 Å². The topological polar surface area (TPSA) is 47.0 Å². The minimum atomic E-state index is 0.622. The summed E-state index contributed by atoms with van der Waals surface area (Å²) in [6.07, 6.45) is 6.58. The lowest BCUT2D eigenvalue weighted by Gasteiger charge is -2.17. The number of aryl methyl sites for hydroxylation is 2. The maximum atomic E-state index is 5.78. The molecule has 2 aromatic heterocycles. The summed E-state index contributed by atoms with van der Waals surface area (Å²) in [5.74, 6) is 1.64. The van der Waals surface area contributed by atoms with Gasteiger partial charge >= 0.3 is 0 Å². The second-order valence-electron chi connectivity index (χ2n) is 7.30. The number of rotatable bonds is 5. The van der Waals surface area contributed by atoms with E-state index in [1.54, 1.807) is 17.7 Å². The second-order valence-corrected chi connectivity index (χ2v) is 8.15. The molecule has 4 aromatic rings. The van der Waals surface area contributed by atoms with E-state index in [1.165, 1.54) is 47.9 Å². The summed E-state index contributed by atoms with van der Waals surface area (Å²) < 4.78 is 5.78. The van der Waals surface area contributed by atoms with Crippen molar-refractivity contribution in [2.24, 2.45) is 0 Å². The number of anilines is 2. The van der Waals surface area contributed by atoms with Crippen molar-refractivity contribution in [1.82, 2.24) is 9.97 Å². The molecular weight excluding hydrogens is 378 g/mol. The van der Waals surface area contributed by atoms with Crippen molar-refractivity contribution in [3.8, 4) is 16.9 Å². The van der Waals surface area contributed by atoms with Crippen LogP contribution in [-0.4, -0.2) is 16.6 Å². The Kier molecular flexibility index (Phi) is 4.90. The number of hydrogen-bond acceptors (Lipinski definition) is 5. The van der Waals surface area contributed by atoms with Crippen molar-refractivity contribution in [3.63, 3.8) is 0 Å². The van der Waals surface area contributed by atoms with Gasteiger partial charge in [-0.25, -0.2) is 9.97 Å². The summed E-state index contributed by atoms with van der Waals surface area (Å²) in [7, 11) is 0. The van der Waals surface area contributed by atoms with Crippen molar-refractivity contribution in [3.05, 3.63) is 65.3 Å². The van der Waals surface area contributed by atoms with Crippen LogP contribution in [0.2, 0.25) is 0 Å². The molecule has 5 heteroatoms. The zero-order valence-corrected chi connectivity index (χ0v) is 17.3. The largest absolute Gasteiger partial charge is 0.492 e. The number of thiophene rings is 1. The first-order valence-corrected chi connectivity index (χ1v) is 11.0. The Morgan fingerprint density at radius 3 is 2.79 bits per heavy atom. The molecule has 0 bridgehead atoms. The predicted molar refractivity (Wildman–Crippen MR) is 120 cm³/mol. The van der Waals surface area contributed by atoms with Crippen LogP contribution >= 0.6 is 11.3 Å². The van der Waals surface area contributed by atoms with Gasteiger partial charge in [-0.15, -0.1) is 11.3 Å². The molecule has 0 saturated heterocycles. The van der Waals surface area contributed by atoms with Crippen LogP contribution in [0.1, 0.15) is 30.9 Å². The van der Waals surface area contributed by atoms with Gasteiger partial charge in [-0.3, -0.25) is 0 Å². The highest BCUT2D eigenvalue weighted by Crippen LogP contribution is 2.39. The molecule has 5 rings (SSSR count). The van der Waals surface area contributed by atoms with E-state index < -0.39 is 0 Å². The normalized spacial score (nSPS) is 13.3. The van der Waals surface area contributed by atoms with E-state index in [9.17, 15) is 0 Å². The fourth-order valence-corrected chi connectivity index (χ4v) is 4.98. The number of aromatic nitrogens is 2. The molecule has 0 saturated carbocycles. The summed E-state index contributed by atoms with van der Waals surface area (Å²) >= 11 is 1.66. The van der Waals surface area contributed by atoms with Crippen LogP contribution in [0.15, 0.2) is 54.2 Å². The fourth-order valence-electron chi connectivity index (χ4n) is 4.06. The molecule has 0 atom stereocenters. The van der Waals surface area contributed by atoms with E-state index in [-0.39, 0.29) is 0 Å². The van der Waals surface area contributed by atoms with Crippen LogP contribution in [0.3, 0.4) is 0 Å². The lowest BCUT2D eigenvalue weighted by Crippen LogP contribution is -2.02. The molecule has 29 heavy (non-hydrogen) atoms. The van der Waals surface area contributed by atoms with Gasteiger partial charge in [0.15, 0.2) is 0 Å². The number of hydrogen-bond donors (Lipinski definition) is 1. The van der Waals surface area contributed by atoms with Crippen LogP contribution in [0.5, 0.6) is 5.75 Å². The lowest BCUT2D eigenvalue weighted by molar-refractivity contribution is 0.342. The summed E-state index contributed by atoms with van der Waals surface area (Å²) in [5.41, 5.74) is 6.33. The van der Waals surface area contributed by atoms with Gasteiger partial charge < -0.3 is 10.1 Å². The monoisotopic (exact) mass is 401 g/mol. The first-order chi connectivity index (χ1) is 14.3. The SMILES string of the molecule is CCOc1ccccc1Nc1ncnc2scc(-c3ccc4c(c3)CCCC4)c12. The lowest BCUT2D eigenvalue weighted by atomic mass is 9.89. The molecule has 0 amide bonds. The minimum Gasteiger partial charge on any atom is -0.492 e. The van der Waals surface area contributed by atoms with Crippen molar-refractivity contribution in [1.29, 1.82) is 0 Å². The molecule has 4 nitrogen and oxygen atoms in total. The van der Waals surface area contributed by atoms with E-state index in [0.717, 1.165) is 27.5 Å². The first kappa shape index (κ1) is 18.1. The number of para-hydroxylation sites is 2. The van der Waals surface area contributed by atoms with Crippen molar-refractivity contribution >= 4 is 33.1 Å². The maximum Gasteiger partial charge on any atom is 0.143 e. The first-order valence-electron chi connectivity index (χ1n) is 10.2. The number of fused-ring (bicyclic) bond motifs is 2. The molecule has 0 radical (unpaired) electrons. The zero-order chi connectivity index (χ0) is 19.6. The highest BCUT2D eigenvalue weighted by molar-refractivity contribution is 7.17. The molecule has 1 aliphatic carbocycles. The van der Waals surface area contributed by atoms with E-state index in [4.69, 9.17) is 4.74 Å². The van der Waals surface area contributed by atoms with Gasteiger partial charge in [0.25, 0.3) is 0 Å². The van der Waals surface area contributed by atoms with E-state index in [0.29, 0.717) is 6.61 Å². The molecule has 146 valence electrons. The van der Waals surface area contributed by atoms with Gasteiger partial charge in [-0.05, 0) is 61.4 Å². The summed E-state index contributed by atoms with van der Waals surface area (Å²) in [5, 5.41) is 6.76. The Hall–Kier alpha value is -2.92. The predicted octanol–water partition coefficient (Wildman–Crippen LogP) is 6.38. The highest BCUT2D eigenvalue weighted by Gasteiger charge is 2.16. The zero-order valence-electron chi connectivity index (χ0n) is 16.4. The van der Waals surface area contributed by atoms with Crippen molar-refractivity contribution in [2.75, 3.05) is 11.9 Å². The second kappa shape index (κ2) is 7.84. The van der Waals surface area contributed by atoms with Crippen molar-refractivity contribution in [2.45, 2.75) is 32.6 Å². The third-order valence-corrected chi connectivity index (χ3v) is 6.36. The smallest absolute Gasteiger partial charge is 0.143 e. The van der Waals surface area contributed by atoms with E-state index in [1.807, 2.05) is 31.2 Å². The molecule has 0 fully saturated rings. The van der Waals surface area contributed by atoms with Crippen molar-refractivity contribution < 1.29 is 4.74 Å². The summed E-state index contributed by atoms with van der Waals surface area (Å²) in [4.78, 5) is 10.1. The highest BCUT2D eigenvalue weighted by atomic mass is 32.1. The number of benzene rings is 2. The average Bonchev–Trinajstić information content (AvgIpc) is 3.20. The Bertz CT molecular complexity index is 1170. The molecular formula is C24H23N3OS. The number of nitrogens with one attached hydrogen (secondary N) is 1. The van der Waals surface area contributed by atoms with Gasteiger partial charge in [-0.2, -0.15) is 0 Å². The molecule has 0 unspecified atom stereocenters. The van der Waals surface area contributed by atoms with Gasteiger partial charge in [0.2, 0.25) is 0 Å².